The molecule has 3 nitrogen and oxygen atoms in total. The van der Waals surface area contributed by atoms with Crippen molar-refractivity contribution in [1.29, 1.82) is 0 Å². The van der Waals surface area contributed by atoms with Crippen LogP contribution in [-0.4, -0.2) is 24.8 Å². The Morgan fingerprint density at radius 2 is 2.54 bits per heavy atom. The summed E-state index contributed by atoms with van der Waals surface area (Å²) >= 11 is 0. The zero-order valence-corrected chi connectivity index (χ0v) is 8.12. The third-order valence-corrected chi connectivity index (χ3v) is 2.11. The molecule has 0 unspecified atom stereocenters. The number of hydrogen-bond donors (Lipinski definition) is 0. The van der Waals surface area contributed by atoms with Crippen molar-refractivity contribution in [3.8, 4) is 0 Å². The summed E-state index contributed by atoms with van der Waals surface area (Å²) in [7, 11) is 1.38. The molecular weight excluding hydrogens is 166 g/mol. The molecule has 0 aliphatic carbocycles. The summed E-state index contributed by atoms with van der Waals surface area (Å²) in [5.41, 5.74) is 1.22. The monoisotopic (exact) mass is 181 g/mol. The van der Waals surface area contributed by atoms with E-state index in [-0.39, 0.29) is 5.97 Å². The summed E-state index contributed by atoms with van der Waals surface area (Å²) in [5.74, 6) is -0.293. The first-order valence-electron chi connectivity index (χ1n) is 4.50. The van der Waals surface area contributed by atoms with Gasteiger partial charge in [-0.3, -0.25) is 4.99 Å². The van der Waals surface area contributed by atoms with Crippen LogP contribution >= 0.6 is 0 Å². The van der Waals surface area contributed by atoms with Crippen LogP contribution in [0.1, 0.15) is 26.2 Å². The summed E-state index contributed by atoms with van der Waals surface area (Å²) < 4.78 is 4.47. The molecule has 0 amide bonds. The smallest absolute Gasteiger partial charge is 0.330 e. The Morgan fingerprint density at radius 3 is 3.08 bits per heavy atom. The molecule has 1 aliphatic heterocycles. The fourth-order valence-corrected chi connectivity index (χ4v) is 1.38. The Hall–Kier alpha value is -1.12. The van der Waals surface area contributed by atoms with Crippen molar-refractivity contribution in [2.24, 2.45) is 4.99 Å². The second kappa shape index (κ2) is 4.80. The predicted octanol–water partition coefficient (Wildman–Crippen LogP) is 1.73. The van der Waals surface area contributed by atoms with E-state index >= 15 is 0 Å². The average molecular weight is 181 g/mol. The zero-order chi connectivity index (χ0) is 9.68. The molecule has 0 bridgehead atoms. The highest BCUT2D eigenvalue weighted by molar-refractivity contribution is 5.83. The molecule has 1 aliphatic rings. The molecule has 0 aromatic rings. The summed E-state index contributed by atoms with van der Waals surface area (Å²) in [4.78, 5) is 15.1. The van der Waals surface area contributed by atoms with Gasteiger partial charge in [-0.25, -0.2) is 4.79 Å². The van der Waals surface area contributed by atoms with Crippen molar-refractivity contribution in [2.75, 3.05) is 7.11 Å². The van der Waals surface area contributed by atoms with Crippen LogP contribution in [0.2, 0.25) is 0 Å². The van der Waals surface area contributed by atoms with Gasteiger partial charge in [-0.2, -0.15) is 0 Å². The lowest BCUT2D eigenvalue weighted by Crippen LogP contribution is -1.98. The number of carbonyl (C=O) groups excluding carboxylic acids is 1. The van der Waals surface area contributed by atoms with Gasteiger partial charge in [0.15, 0.2) is 0 Å². The first kappa shape index (κ1) is 9.96. The summed E-state index contributed by atoms with van der Waals surface area (Å²) in [6.45, 7) is 2.05. The quantitative estimate of drug-likeness (QED) is 0.491. The minimum Gasteiger partial charge on any atom is -0.466 e. The van der Waals surface area contributed by atoms with Crippen LogP contribution in [-0.2, 0) is 9.53 Å². The summed E-state index contributed by atoms with van der Waals surface area (Å²) in [6.07, 6.45) is 6.34. The predicted molar refractivity (Wildman–Crippen MR) is 51.9 cm³/mol. The van der Waals surface area contributed by atoms with E-state index in [0.717, 1.165) is 19.3 Å². The molecule has 3 heteroatoms. The number of methoxy groups -OCH3 is 1. The highest BCUT2D eigenvalue weighted by Crippen LogP contribution is 2.16. The minimum atomic E-state index is -0.293. The van der Waals surface area contributed by atoms with Gasteiger partial charge in [-0.15, -0.1) is 0 Å². The van der Waals surface area contributed by atoms with Gasteiger partial charge in [0.2, 0.25) is 0 Å². The van der Waals surface area contributed by atoms with Crippen LogP contribution in [0.5, 0.6) is 0 Å². The van der Waals surface area contributed by atoms with Gasteiger partial charge < -0.3 is 4.74 Å². The maximum atomic E-state index is 10.7. The highest BCUT2D eigenvalue weighted by Gasteiger charge is 2.12. The average Bonchev–Trinajstić information content (AvgIpc) is 2.51. The van der Waals surface area contributed by atoms with Gasteiger partial charge >= 0.3 is 5.97 Å². The maximum Gasteiger partial charge on any atom is 0.330 e. The second-order valence-corrected chi connectivity index (χ2v) is 3.22. The standard InChI is InChI=1S/C10H15NO2/c1-8-6-7-9(11-8)4-3-5-10(12)13-2/h3,5,9H,4,6-7H2,1-2H3/b5-3+/t9-/m1/s1. The fraction of sp³-hybridized carbons (Fsp3) is 0.600. The van der Waals surface area contributed by atoms with Crippen LogP contribution < -0.4 is 0 Å². The first-order chi connectivity index (χ1) is 6.22. The molecule has 13 heavy (non-hydrogen) atoms. The van der Waals surface area contributed by atoms with Crippen LogP contribution in [0.15, 0.2) is 17.1 Å². The molecule has 0 radical (unpaired) electrons. The van der Waals surface area contributed by atoms with Crippen molar-refractivity contribution >= 4 is 11.7 Å². The number of esters is 1. The van der Waals surface area contributed by atoms with E-state index in [1.54, 1.807) is 0 Å². The fourth-order valence-electron chi connectivity index (χ4n) is 1.38. The van der Waals surface area contributed by atoms with E-state index in [2.05, 4.69) is 9.73 Å². The lowest BCUT2D eigenvalue weighted by Gasteiger charge is -1.99. The maximum absolute atomic E-state index is 10.7. The topological polar surface area (TPSA) is 38.7 Å². The SMILES string of the molecule is COC(=O)/C=C/C[C@@H]1CCC(C)=N1. The number of carbonyl (C=O) groups is 1. The Kier molecular flexibility index (Phi) is 3.68. The molecule has 0 spiro atoms. The minimum absolute atomic E-state index is 0.293. The summed E-state index contributed by atoms with van der Waals surface area (Å²) in [6, 6.07) is 0.376. The van der Waals surface area contributed by atoms with Gasteiger partial charge in [0, 0.05) is 11.8 Å². The Labute approximate surface area is 78.5 Å². The molecule has 0 aromatic carbocycles. The van der Waals surface area contributed by atoms with E-state index in [1.807, 2.05) is 13.0 Å². The van der Waals surface area contributed by atoms with Gasteiger partial charge in [0.05, 0.1) is 13.2 Å². The van der Waals surface area contributed by atoms with E-state index in [1.165, 1.54) is 18.9 Å². The number of rotatable bonds is 3. The molecule has 0 fully saturated rings. The Morgan fingerprint density at radius 1 is 1.77 bits per heavy atom. The number of aliphatic imine (C=N–C) groups is 1. The number of ether oxygens (including phenoxy) is 1. The Bertz CT molecular complexity index is 243. The zero-order valence-electron chi connectivity index (χ0n) is 8.12. The third kappa shape index (κ3) is 3.40. The normalized spacial score (nSPS) is 22.0. The highest BCUT2D eigenvalue weighted by atomic mass is 16.5. The molecular formula is C10H15NO2. The molecule has 1 atom stereocenters. The third-order valence-electron chi connectivity index (χ3n) is 2.11. The molecule has 0 N–H and O–H groups in total. The van der Waals surface area contributed by atoms with Gasteiger partial charge in [0.1, 0.15) is 0 Å². The number of nitrogens with zero attached hydrogens (tertiary/aromatic N) is 1. The molecule has 1 rings (SSSR count). The van der Waals surface area contributed by atoms with Gasteiger partial charge in [-0.1, -0.05) is 6.08 Å². The lowest BCUT2D eigenvalue weighted by molar-refractivity contribution is -0.134. The van der Waals surface area contributed by atoms with Crippen LogP contribution in [0, 0.1) is 0 Å². The van der Waals surface area contributed by atoms with E-state index in [4.69, 9.17) is 0 Å². The largest absolute Gasteiger partial charge is 0.466 e. The molecule has 0 saturated heterocycles. The first-order valence-corrected chi connectivity index (χ1v) is 4.50. The van der Waals surface area contributed by atoms with Crippen molar-refractivity contribution in [3.63, 3.8) is 0 Å². The van der Waals surface area contributed by atoms with Crippen molar-refractivity contribution in [3.05, 3.63) is 12.2 Å². The summed E-state index contributed by atoms with van der Waals surface area (Å²) in [5, 5.41) is 0. The van der Waals surface area contributed by atoms with E-state index in [9.17, 15) is 4.79 Å². The van der Waals surface area contributed by atoms with Gasteiger partial charge in [-0.05, 0) is 26.2 Å². The van der Waals surface area contributed by atoms with E-state index in [0.29, 0.717) is 6.04 Å². The molecule has 1 heterocycles. The van der Waals surface area contributed by atoms with Crippen molar-refractivity contribution in [1.82, 2.24) is 0 Å². The second-order valence-electron chi connectivity index (χ2n) is 3.22. The van der Waals surface area contributed by atoms with Crippen LogP contribution in [0.4, 0.5) is 0 Å². The number of hydrogen-bond acceptors (Lipinski definition) is 3. The van der Waals surface area contributed by atoms with Crippen molar-refractivity contribution < 1.29 is 9.53 Å². The van der Waals surface area contributed by atoms with Crippen LogP contribution in [0.25, 0.3) is 0 Å². The molecule has 0 saturated carbocycles. The molecule has 72 valence electrons. The lowest BCUT2D eigenvalue weighted by atomic mass is 10.1. The Balaban J connectivity index is 2.27. The van der Waals surface area contributed by atoms with Crippen molar-refractivity contribution in [2.45, 2.75) is 32.2 Å². The van der Waals surface area contributed by atoms with Crippen LogP contribution in [0.3, 0.4) is 0 Å². The van der Waals surface area contributed by atoms with Gasteiger partial charge in [0.25, 0.3) is 0 Å². The van der Waals surface area contributed by atoms with E-state index < -0.39 is 0 Å². The molecule has 0 aromatic heterocycles.